The van der Waals surface area contributed by atoms with Crippen molar-refractivity contribution in [2.24, 2.45) is 5.92 Å². The van der Waals surface area contributed by atoms with Gasteiger partial charge in [0.2, 0.25) is 0 Å². The van der Waals surface area contributed by atoms with E-state index in [0.717, 1.165) is 11.5 Å². The summed E-state index contributed by atoms with van der Waals surface area (Å²) in [5.41, 5.74) is 3.53. The molecule has 2 aliphatic rings. The second kappa shape index (κ2) is 5.50. The summed E-state index contributed by atoms with van der Waals surface area (Å²) in [6.45, 7) is 1.19. The summed E-state index contributed by atoms with van der Waals surface area (Å²) in [5, 5.41) is 8.93. The van der Waals surface area contributed by atoms with E-state index in [1.54, 1.807) is 0 Å². The Morgan fingerprint density at radius 2 is 1.73 bits per heavy atom. The Kier molecular flexibility index (Phi) is 3.35. The van der Waals surface area contributed by atoms with E-state index in [2.05, 4.69) is 53.4 Å². The van der Waals surface area contributed by atoms with Crippen molar-refractivity contribution < 1.29 is 0 Å². The maximum absolute atomic E-state index is 8.93. The first kappa shape index (κ1) is 13.4. The number of para-hydroxylation sites is 1. The van der Waals surface area contributed by atoms with Crippen molar-refractivity contribution in [1.82, 2.24) is 0 Å². The van der Waals surface area contributed by atoms with Crippen LogP contribution in [0.2, 0.25) is 0 Å². The van der Waals surface area contributed by atoms with Crippen molar-refractivity contribution in [2.75, 3.05) is 11.4 Å². The first-order chi connectivity index (χ1) is 10.8. The summed E-state index contributed by atoms with van der Waals surface area (Å²) >= 11 is 0. The molecule has 4 rings (SSSR count). The molecule has 1 saturated carbocycles. The van der Waals surface area contributed by atoms with E-state index in [0.29, 0.717) is 12.0 Å². The summed E-state index contributed by atoms with van der Waals surface area (Å²) < 4.78 is 0. The van der Waals surface area contributed by atoms with Crippen LogP contribution < -0.4 is 4.90 Å². The van der Waals surface area contributed by atoms with Gasteiger partial charge in [-0.3, -0.25) is 0 Å². The fourth-order valence-corrected chi connectivity index (χ4v) is 4.31. The van der Waals surface area contributed by atoms with Crippen LogP contribution in [-0.2, 0) is 0 Å². The molecule has 0 aromatic heterocycles. The Morgan fingerprint density at radius 1 is 0.955 bits per heavy atom. The number of nitrogens with zero attached hydrogens (tertiary/aromatic N) is 2. The smallest absolute Gasteiger partial charge is 0.0991 e. The molecule has 22 heavy (non-hydrogen) atoms. The predicted molar refractivity (Wildman–Crippen MR) is 88.8 cm³/mol. The van der Waals surface area contributed by atoms with Gasteiger partial charge in [-0.15, -0.1) is 0 Å². The molecule has 1 aliphatic heterocycles. The lowest BCUT2D eigenvalue weighted by molar-refractivity contribution is 0.537. The van der Waals surface area contributed by atoms with E-state index in [1.165, 1.54) is 37.1 Å². The van der Waals surface area contributed by atoms with Crippen LogP contribution in [0.1, 0.15) is 36.3 Å². The number of hydrogen-bond acceptors (Lipinski definition) is 2. The SMILES string of the molecule is N#Cc1ccc([C@@H]2C[C@@H]3CCN(c4ccccc4)[C@@H]3C2)cc1. The lowest BCUT2D eigenvalue weighted by Crippen LogP contribution is -2.29. The minimum atomic E-state index is 0.647. The first-order valence-corrected chi connectivity index (χ1v) is 8.17. The second-order valence-corrected chi connectivity index (χ2v) is 6.55. The number of hydrogen-bond donors (Lipinski definition) is 0. The molecular formula is C20H20N2. The third kappa shape index (κ3) is 2.27. The fraction of sp³-hybridized carbons (Fsp3) is 0.350. The molecule has 2 fully saturated rings. The number of benzene rings is 2. The zero-order valence-corrected chi connectivity index (χ0v) is 12.7. The molecule has 0 unspecified atom stereocenters. The average Bonchev–Trinajstić information content (AvgIpc) is 3.16. The molecule has 1 heterocycles. The van der Waals surface area contributed by atoms with Crippen LogP contribution in [0, 0.1) is 17.2 Å². The van der Waals surface area contributed by atoms with Crippen LogP contribution in [0.15, 0.2) is 54.6 Å². The Bertz CT molecular complexity index is 684. The predicted octanol–water partition coefficient (Wildman–Crippen LogP) is 4.33. The summed E-state index contributed by atoms with van der Waals surface area (Å²) in [5.74, 6) is 1.47. The monoisotopic (exact) mass is 288 g/mol. The molecule has 2 aromatic carbocycles. The van der Waals surface area contributed by atoms with E-state index in [4.69, 9.17) is 5.26 Å². The van der Waals surface area contributed by atoms with Gasteiger partial charge in [0.1, 0.15) is 0 Å². The zero-order valence-electron chi connectivity index (χ0n) is 12.7. The van der Waals surface area contributed by atoms with Crippen LogP contribution in [0.4, 0.5) is 5.69 Å². The molecule has 0 N–H and O–H groups in total. The summed E-state index contributed by atoms with van der Waals surface area (Å²) in [4.78, 5) is 2.61. The van der Waals surface area contributed by atoms with Gasteiger partial charge < -0.3 is 4.90 Å². The van der Waals surface area contributed by atoms with E-state index >= 15 is 0 Å². The molecular weight excluding hydrogens is 268 g/mol. The quantitative estimate of drug-likeness (QED) is 0.822. The molecule has 2 aromatic rings. The topological polar surface area (TPSA) is 27.0 Å². The molecule has 0 amide bonds. The summed E-state index contributed by atoms with van der Waals surface area (Å²) in [6, 6.07) is 21.9. The maximum atomic E-state index is 8.93. The van der Waals surface area contributed by atoms with E-state index in [1.807, 2.05) is 12.1 Å². The number of fused-ring (bicyclic) bond motifs is 1. The van der Waals surface area contributed by atoms with E-state index < -0.39 is 0 Å². The normalized spacial score (nSPS) is 26.7. The Morgan fingerprint density at radius 3 is 2.45 bits per heavy atom. The minimum absolute atomic E-state index is 0.647. The molecule has 0 spiro atoms. The molecule has 1 saturated heterocycles. The standard InChI is InChI=1S/C20H20N2/c21-14-15-6-8-16(9-7-15)18-12-17-10-11-22(20(17)13-18)19-4-2-1-3-5-19/h1-9,17-18,20H,10-13H2/t17-,18+,20+/m0/s1. The highest BCUT2D eigenvalue weighted by Crippen LogP contribution is 2.47. The summed E-state index contributed by atoms with van der Waals surface area (Å²) in [7, 11) is 0. The molecule has 2 heteroatoms. The number of nitriles is 1. The van der Waals surface area contributed by atoms with Gasteiger partial charge in [0, 0.05) is 18.3 Å². The molecule has 2 nitrogen and oxygen atoms in total. The number of anilines is 1. The molecule has 0 radical (unpaired) electrons. The van der Waals surface area contributed by atoms with Gasteiger partial charge in [-0.05, 0) is 60.9 Å². The Balaban J connectivity index is 1.53. The fourth-order valence-electron chi connectivity index (χ4n) is 4.31. The molecule has 0 bridgehead atoms. The highest BCUT2D eigenvalue weighted by atomic mass is 15.2. The largest absolute Gasteiger partial charge is 0.368 e. The maximum Gasteiger partial charge on any atom is 0.0991 e. The van der Waals surface area contributed by atoms with Gasteiger partial charge in [0.15, 0.2) is 0 Å². The Hall–Kier alpha value is -2.27. The van der Waals surface area contributed by atoms with Crippen molar-refractivity contribution >= 4 is 5.69 Å². The van der Waals surface area contributed by atoms with Gasteiger partial charge >= 0.3 is 0 Å². The highest BCUT2D eigenvalue weighted by Gasteiger charge is 2.42. The van der Waals surface area contributed by atoms with E-state index in [-0.39, 0.29) is 0 Å². The van der Waals surface area contributed by atoms with E-state index in [9.17, 15) is 0 Å². The second-order valence-electron chi connectivity index (χ2n) is 6.55. The molecule has 3 atom stereocenters. The van der Waals surface area contributed by atoms with Crippen molar-refractivity contribution in [2.45, 2.75) is 31.2 Å². The minimum Gasteiger partial charge on any atom is -0.368 e. The Labute approximate surface area is 132 Å². The van der Waals surface area contributed by atoms with Crippen molar-refractivity contribution in [3.63, 3.8) is 0 Å². The van der Waals surface area contributed by atoms with Crippen molar-refractivity contribution in [3.8, 4) is 6.07 Å². The van der Waals surface area contributed by atoms with Gasteiger partial charge in [-0.2, -0.15) is 5.26 Å². The van der Waals surface area contributed by atoms with Crippen LogP contribution in [0.25, 0.3) is 0 Å². The third-order valence-corrected chi connectivity index (χ3v) is 5.40. The third-order valence-electron chi connectivity index (χ3n) is 5.40. The average molecular weight is 288 g/mol. The van der Waals surface area contributed by atoms with Gasteiger partial charge in [0.05, 0.1) is 11.6 Å². The molecule has 110 valence electrons. The van der Waals surface area contributed by atoms with Crippen molar-refractivity contribution in [1.29, 1.82) is 5.26 Å². The van der Waals surface area contributed by atoms with Crippen LogP contribution in [0.5, 0.6) is 0 Å². The lowest BCUT2D eigenvalue weighted by atomic mass is 9.95. The van der Waals surface area contributed by atoms with Gasteiger partial charge in [-0.25, -0.2) is 0 Å². The van der Waals surface area contributed by atoms with Gasteiger partial charge in [0.25, 0.3) is 0 Å². The van der Waals surface area contributed by atoms with Crippen molar-refractivity contribution in [3.05, 3.63) is 65.7 Å². The lowest BCUT2D eigenvalue weighted by Gasteiger charge is -2.26. The summed E-state index contributed by atoms with van der Waals surface area (Å²) in [6.07, 6.45) is 3.84. The zero-order chi connectivity index (χ0) is 14.9. The highest BCUT2D eigenvalue weighted by molar-refractivity contribution is 5.49. The van der Waals surface area contributed by atoms with Crippen LogP contribution in [-0.4, -0.2) is 12.6 Å². The van der Waals surface area contributed by atoms with Gasteiger partial charge in [-0.1, -0.05) is 30.3 Å². The number of rotatable bonds is 2. The van der Waals surface area contributed by atoms with Crippen LogP contribution >= 0.6 is 0 Å². The first-order valence-electron chi connectivity index (χ1n) is 8.17. The molecule has 1 aliphatic carbocycles. The van der Waals surface area contributed by atoms with Crippen LogP contribution in [0.3, 0.4) is 0 Å².